The molecule has 0 bridgehead atoms. The highest BCUT2D eigenvalue weighted by molar-refractivity contribution is 5.73. The third kappa shape index (κ3) is 5.55. The fourth-order valence-electron chi connectivity index (χ4n) is 1.69. The van der Waals surface area contributed by atoms with E-state index in [4.69, 9.17) is 9.47 Å². The van der Waals surface area contributed by atoms with Crippen LogP contribution in [0, 0.1) is 0 Å². The van der Waals surface area contributed by atoms with Crippen molar-refractivity contribution in [2.75, 3.05) is 6.61 Å². The fraction of sp³-hybridized carbons (Fsp3) is 0.467. The third-order valence-electron chi connectivity index (χ3n) is 2.56. The molecule has 0 saturated heterocycles. The summed E-state index contributed by atoms with van der Waals surface area (Å²) in [5.41, 5.74) is 0.806. The highest BCUT2D eigenvalue weighted by Gasteiger charge is 2.20. The first kappa shape index (κ1) is 15.2. The van der Waals surface area contributed by atoms with E-state index in [1.54, 1.807) is 6.92 Å². The van der Waals surface area contributed by atoms with Gasteiger partial charge in [0.05, 0.1) is 13.0 Å². The Hall–Kier alpha value is -1.84. The SMILES string of the molecule is CCCC(=O)OC(CC(=O)OCC)c1ccccc1. The van der Waals surface area contributed by atoms with Crippen LogP contribution in [0.2, 0.25) is 0 Å². The molecule has 1 aromatic carbocycles. The van der Waals surface area contributed by atoms with Crippen LogP contribution in [0.15, 0.2) is 30.3 Å². The lowest BCUT2D eigenvalue weighted by atomic mass is 10.1. The average Bonchev–Trinajstić information content (AvgIpc) is 2.39. The van der Waals surface area contributed by atoms with Gasteiger partial charge in [0.15, 0.2) is 0 Å². The fourth-order valence-corrected chi connectivity index (χ4v) is 1.69. The van der Waals surface area contributed by atoms with E-state index < -0.39 is 6.10 Å². The van der Waals surface area contributed by atoms with Crippen LogP contribution in [0.25, 0.3) is 0 Å². The van der Waals surface area contributed by atoms with Crippen molar-refractivity contribution in [1.29, 1.82) is 0 Å². The van der Waals surface area contributed by atoms with Gasteiger partial charge >= 0.3 is 11.9 Å². The minimum absolute atomic E-state index is 0.0489. The molecule has 1 unspecified atom stereocenters. The summed E-state index contributed by atoms with van der Waals surface area (Å²) in [6, 6.07) is 9.24. The van der Waals surface area contributed by atoms with E-state index in [0.29, 0.717) is 13.0 Å². The smallest absolute Gasteiger partial charge is 0.309 e. The number of benzene rings is 1. The third-order valence-corrected chi connectivity index (χ3v) is 2.56. The zero-order chi connectivity index (χ0) is 14.1. The first-order valence-electron chi connectivity index (χ1n) is 6.57. The molecule has 4 nitrogen and oxygen atoms in total. The Morgan fingerprint density at radius 1 is 1.11 bits per heavy atom. The molecule has 0 saturated carbocycles. The number of hydrogen-bond acceptors (Lipinski definition) is 4. The van der Waals surface area contributed by atoms with E-state index in [1.807, 2.05) is 37.3 Å². The van der Waals surface area contributed by atoms with Crippen molar-refractivity contribution >= 4 is 11.9 Å². The van der Waals surface area contributed by atoms with Gasteiger partial charge in [-0.15, -0.1) is 0 Å². The molecule has 0 aliphatic rings. The van der Waals surface area contributed by atoms with Crippen LogP contribution in [0.4, 0.5) is 0 Å². The quantitative estimate of drug-likeness (QED) is 0.710. The summed E-state index contributed by atoms with van der Waals surface area (Å²) in [5.74, 6) is -0.652. The second-order valence-electron chi connectivity index (χ2n) is 4.15. The maximum absolute atomic E-state index is 11.6. The van der Waals surface area contributed by atoms with Crippen LogP contribution in [0.3, 0.4) is 0 Å². The second-order valence-corrected chi connectivity index (χ2v) is 4.15. The van der Waals surface area contributed by atoms with Crippen molar-refractivity contribution in [2.45, 2.75) is 39.2 Å². The molecule has 0 amide bonds. The lowest BCUT2D eigenvalue weighted by Crippen LogP contribution is -2.16. The number of ether oxygens (including phenoxy) is 2. The van der Waals surface area contributed by atoms with E-state index in [1.165, 1.54) is 0 Å². The van der Waals surface area contributed by atoms with Crippen LogP contribution in [-0.4, -0.2) is 18.5 Å². The maximum atomic E-state index is 11.6. The van der Waals surface area contributed by atoms with Crippen molar-refractivity contribution in [1.82, 2.24) is 0 Å². The minimum Gasteiger partial charge on any atom is -0.466 e. The summed E-state index contributed by atoms with van der Waals surface area (Å²) in [6.45, 7) is 3.98. The topological polar surface area (TPSA) is 52.6 Å². The monoisotopic (exact) mass is 264 g/mol. The van der Waals surface area contributed by atoms with Gasteiger partial charge in [0.25, 0.3) is 0 Å². The first-order chi connectivity index (χ1) is 9.17. The van der Waals surface area contributed by atoms with E-state index >= 15 is 0 Å². The largest absolute Gasteiger partial charge is 0.466 e. The van der Waals surface area contributed by atoms with Crippen molar-refractivity contribution in [2.24, 2.45) is 0 Å². The van der Waals surface area contributed by atoms with Gasteiger partial charge in [-0.2, -0.15) is 0 Å². The van der Waals surface area contributed by atoms with Crippen molar-refractivity contribution in [3.05, 3.63) is 35.9 Å². The molecule has 0 aromatic heterocycles. The van der Waals surface area contributed by atoms with E-state index in [2.05, 4.69) is 0 Å². The number of rotatable bonds is 7. The lowest BCUT2D eigenvalue weighted by molar-refractivity contribution is -0.155. The van der Waals surface area contributed by atoms with Gasteiger partial charge in [0.1, 0.15) is 6.10 Å². The Bertz CT molecular complexity index is 380. The van der Waals surface area contributed by atoms with Gasteiger partial charge in [-0.05, 0) is 18.9 Å². The molecule has 104 valence electrons. The molecular formula is C15H20O4. The molecule has 19 heavy (non-hydrogen) atoms. The van der Waals surface area contributed by atoms with Gasteiger partial charge < -0.3 is 9.47 Å². The summed E-state index contributed by atoms with van der Waals surface area (Å²) >= 11 is 0. The normalized spacial score (nSPS) is 11.7. The molecule has 1 aromatic rings. The van der Waals surface area contributed by atoms with Crippen LogP contribution < -0.4 is 0 Å². The summed E-state index contributed by atoms with van der Waals surface area (Å²) in [6.07, 6.45) is 0.554. The van der Waals surface area contributed by atoms with E-state index in [-0.39, 0.29) is 18.4 Å². The number of carbonyl (C=O) groups is 2. The number of esters is 2. The molecule has 0 heterocycles. The average molecular weight is 264 g/mol. The van der Waals surface area contributed by atoms with E-state index in [9.17, 15) is 9.59 Å². The van der Waals surface area contributed by atoms with Crippen molar-refractivity contribution < 1.29 is 19.1 Å². The highest BCUT2D eigenvalue weighted by atomic mass is 16.6. The molecule has 1 rings (SSSR count). The highest BCUT2D eigenvalue weighted by Crippen LogP contribution is 2.22. The summed E-state index contributed by atoms with van der Waals surface area (Å²) < 4.78 is 10.3. The Labute approximate surface area is 113 Å². The van der Waals surface area contributed by atoms with Gasteiger partial charge in [-0.3, -0.25) is 9.59 Å². The van der Waals surface area contributed by atoms with Crippen LogP contribution in [0.1, 0.15) is 44.8 Å². The molecule has 0 N–H and O–H groups in total. The molecule has 0 radical (unpaired) electrons. The van der Waals surface area contributed by atoms with Crippen LogP contribution >= 0.6 is 0 Å². The predicted molar refractivity (Wildman–Crippen MR) is 71.4 cm³/mol. The zero-order valence-electron chi connectivity index (χ0n) is 11.4. The first-order valence-corrected chi connectivity index (χ1v) is 6.57. The predicted octanol–water partition coefficient (Wildman–Crippen LogP) is 3.02. The maximum Gasteiger partial charge on any atom is 0.309 e. The zero-order valence-corrected chi connectivity index (χ0v) is 11.4. The summed E-state index contributed by atoms with van der Waals surface area (Å²) in [7, 11) is 0. The Morgan fingerprint density at radius 2 is 1.79 bits per heavy atom. The Balaban J connectivity index is 2.73. The van der Waals surface area contributed by atoms with Gasteiger partial charge in [-0.25, -0.2) is 0 Å². The Morgan fingerprint density at radius 3 is 2.37 bits per heavy atom. The second kappa shape index (κ2) is 8.29. The van der Waals surface area contributed by atoms with Gasteiger partial charge in [0, 0.05) is 6.42 Å². The summed E-state index contributed by atoms with van der Waals surface area (Å²) in [5, 5.41) is 0. The molecule has 0 spiro atoms. The molecular weight excluding hydrogens is 244 g/mol. The standard InChI is InChI=1S/C15H20O4/c1-3-8-14(16)19-13(11-15(17)18-4-2)12-9-6-5-7-10-12/h5-7,9-10,13H,3-4,8,11H2,1-2H3. The summed E-state index contributed by atoms with van der Waals surface area (Å²) in [4.78, 5) is 23.1. The van der Waals surface area contributed by atoms with Crippen molar-refractivity contribution in [3.8, 4) is 0 Å². The Kier molecular flexibility index (Phi) is 6.64. The van der Waals surface area contributed by atoms with E-state index in [0.717, 1.165) is 12.0 Å². The molecule has 0 aliphatic heterocycles. The molecule has 0 fully saturated rings. The number of carbonyl (C=O) groups excluding carboxylic acids is 2. The lowest BCUT2D eigenvalue weighted by Gasteiger charge is -2.17. The minimum atomic E-state index is -0.570. The van der Waals surface area contributed by atoms with Crippen LogP contribution in [0.5, 0.6) is 0 Å². The van der Waals surface area contributed by atoms with Crippen LogP contribution in [-0.2, 0) is 19.1 Å². The number of hydrogen-bond donors (Lipinski definition) is 0. The molecule has 1 atom stereocenters. The van der Waals surface area contributed by atoms with Gasteiger partial charge in [0.2, 0.25) is 0 Å². The van der Waals surface area contributed by atoms with Gasteiger partial charge in [-0.1, -0.05) is 37.3 Å². The molecule has 0 aliphatic carbocycles. The molecule has 4 heteroatoms. The van der Waals surface area contributed by atoms with Crippen molar-refractivity contribution in [3.63, 3.8) is 0 Å².